The quantitative estimate of drug-likeness (QED) is 0.606. The van der Waals surface area contributed by atoms with E-state index >= 15 is 0 Å². The highest BCUT2D eigenvalue weighted by Gasteiger charge is 2.15. The van der Waals surface area contributed by atoms with E-state index in [9.17, 15) is 4.79 Å². The summed E-state index contributed by atoms with van der Waals surface area (Å²) in [6, 6.07) is 14.3. The summed E-state index contributed by atoms with van der Waals surface area (Å²) in [4.78, 5) is 21.0. The zero-order valence-corrected chi connectivity index (χ0v) is 16.3. The highest BCUT2D eigenvalue weighted by molar-refractivity contribution is 9.10. The Morgan fingerprint density at radius 1 is 1.04 bits per heavy atom. The molecular formula is C20H18BrN3O3. The Labute approximate surface area is 165 Å². The SMILES string of the molecule is CCOc1ncccc1CNC(=O)c1cccnc1Oc1ccc(Br)cc1. The largest absolute Gasteiger partial charge is 0.478 e. The van der Waals surface area contributed by atoms with Crippen LogP contribution in [0.3, 0.4) is 0 Å². The van der Waals surface area contributed by atoms with E-state index in [0.717, 1.165) is 10.0 Å². The number of halogens is 1. The molecule has 1 N–H and O–H groups in total. The van der Waals surface area contributed by atoms with E-state index < -0.39 is 0 Å². The summed E-state index contributed by atoms with van der Waals surface area (Å²) in [5.41, 5.74) is 1.15. The molecule has 0 atom stereocenters. The number of benzene rings is 1. The minimum Gasteiger partial charge on any atom is -0.478 e. The van der Waals surface area contributed by atoms with E-state index in [-0.39, 0.29) is 18.3 Å². The first-order valence-corrected chi connectivity index (χ1v) is 9.20. The summed E-state index contributed by atoms with van der Waals surface area (Å²) in [6.07, 6.45) is 3.24. The fourth-order valence-electron chi connectivity index (χ4n) is 2.36. The second-order valence-electron chi connectivity index (χ2n) is 5.50. The number of amides is 1. The molecule has 0 aliphatic heterocycles. The molecule has 2 heterocycles. The van der Waals surface area contributed by atoms with Crippen LogP contribution in [-0.2, 0) is 6.54 Å². The summed E-state index contributed by atoms with van der Waals surface area (Å²) in [6.45, 7) is 2.68. The Hall–Kier alpha value is -2.93. The molecule has 0 saturated carbocycles. The van der Waals surface area contributed by atoms with Gasteiger partial charge in [0.05, 0.1) is 6.61 Å². The summed E-state index contributed by atoms with van der Waals surface area (Å²) in [5.74, 6) is 1.06. The van der Waals surface area contributed by atoms with Gasteiger partial charge in [-0.2, -0.15) is 0 Å². The van der Waals surface area contributed by atoms with Crippen molar-refractivity contribution in [2.75, 3.05) is 6.61 Å². The van der Waals surface area contributed by atoms with Crippen LogP contribution in [0.2, 0.25) is 0 Å². The Kier molecular flexibility index (Phi) is 6.38. The fourth-order valence-corrected chi connectivity index (χ4v) is 2.62. The molecule has 3 aromatic rings. The predicted molar refractivity (Wildman–Crippen MR) is 105 cm³/mol. The minimum atomic E-state index is -0.290. The first-order chi connectivity index (χ1) is 13.2. The molecule has 0 fully saturated rings. The molecule has 0 spiro atoms. The number of hydrogen-bond donors (Lipinski definition) is 1. The number of rotatable bonds is 7. The van der Waals surface area contributed by atoms with Gasteiger partial charge in [0.1, 0.15) is 11.3 Å². The lowest BCUT2D eigenvalue weighted by molar-refractivity contribution is 0.0947. The lowest BCUT2D eigenvalue weighted by Crippen LogP contribution is -2.24. The molecule has 0 unspecified atom stereocenters. The van der Waals surface area contributed by atoms with Crippen LogP contribution in [0.5, 0.6) is 17.5 Å². The van der Waals surface area contributed by atoms with Crippen molar-refractivity contribution in [3.63, 3.8) is 0 Å². The normalized spacial score (nSPS) is 10.3. The maximum Gasteiger partial charge on any atom is 0.257 e. The Morgan fingerprint density at radius 2 is 1.74 bits per heavy atom. The molecule has 0 saturated heterocycles. The zero-order valence-electron chi connectivity index (χ0n) is 14.7. The van der Waals surface area contributed by atoms with Gasteiger partial charge in [0, 0.05) is 29.0 Å². The lowest BCUT2D eigenvalue weighted by atomic mass is 10.2. The molecule has 0 bridgehead atoms. The predicted octanol–water partition coefficient (Wildman–Crippen LogP) is 4.36. The number of carbonyl (C=O) groups is 1. The Bertz CT molecular complexity index is 916. The van der Waals surface area contributed by atoms with Crippen LogP contribution in [0.15, 0.2) is 65.4 Å². The molecule has 6 nitrogen and oxygen atoms in total. The molecule has 27 heavy (non-hydrogen) atoms. The van der Waals surface area contributed by atoms with Gasteiger partial charge >= 0.3 is 0 Å². The van der Waals surface area contributed by atoms with E-state index in [1.165, 1.54) is 0 Å². The van der Waals surface area contributed by atoms with E-state index in [0.29, 0.717) is 23.8 Å². The van der Waals surface area contributed by atoms with E-state index in [1.54, 1.807) is 42.7 Å². The molecule has 0 aliphatic carbocycles. The molecular weight excluding hydrogens is 410 g/mol. The van der Waals surface area contributed by atoms with Crippen molar-refractivity contribution in [3.05, 3.63) is 76.5 Å². The average Bonchev–Trinajstić information content (AvgIpc) is 2.69. The minimum absolute atomic E-state index is 0.244. The number of pyridine rings is 2. The molecule has 1 aromatic carbocycles. The van der Waals surface area contributed by atoms with E-state index in [1.807, 2.05) is 25.1 Å². The van der Waals surface area contributed by atoms with Gasteiger partial charge in [-0.25, -0.2) is 9.97 Å². The number of nitrogens with zero attached hydrogens (tertiary/aromatic N) is 2. The van der Waals surface area contributed by atoms with Gasteiger partial charge in [-0.05, 0) is 49.4 Å². The van der Waals surface area contributed by atoms with Crippen molar-refractivity contribution >= 4 is 21.8 Å². The average molecular weight is 428 g/mol. The number of nitrogens with one attached hydrogen (secondary N) is 1. The van der Waals surface area contributed by atoms with Crippen molar-refractivity contribution < 1.29 is 14.3 Å². The number of aromatic nitrogens is 2. The second-order valence-corrected chi connectivity index (χ2v) is 6.41. The summed E-state index contributed by atoms with van der Waals surface area (Å²) in [5, 5.41) is 2.86. The van der Waals surface area contributed by atoms with Crippen LogP contribution in [-0.4, -0.2) is 22.5 Å². The molecule has 0 aliphatic rings. The first-order valence-electron chi connectivity index (χ1n) is 8.40. The van der Waals surface area contributed by atoms with Crippen LogP contribution < -0.4 is 14.8 Å². The van der Waals surface area contributed by atoms with Crippen molar-refractivity contribution in [3.8, 4) is 17.5 Å². The number of hydrogen-bond acceptors (Lipinski definition) is 5. The van der Waals surface area contributed by atoms with Crippen molar-refractivity contribution in [2.45, 2.75) is 13.5 Å². The van der Waals surface area contributed by atoms with Gasteiger partial charge in [0.15, 0.2) is 0 Å². The third-order valence-electron chi connectivity index (χ3n) is 3.61. The topological polar surface area (TPSA) is 73.3 Å². The van der Waals surface area contributed by atoms with Gasteiger partial charge in [-0.3, -0.25) is 4.79 Å². The number of ether oxygens (including phenoxy) is 2. The third kappa shape index (κ3) is 5.04. The fraction of sp³-hybridized carbons (Fsp3) is 0.150. The molecule has 0 radical (unpaired) electrons. The van der Waals surface area contributed by atoms with Crippen LogP contribution >= 0.6 is 15.9 Å². The molecule has 1 amide bonds. The highest BCUT2D eigenvalue weighted by Crippen LogP contribution is 2.24. The van der Waals surface area contributed by atoms with Gasteiger partial charge in [-0.1, -0.05) is 22.0 Å². The standard InChI is InChI=1S/C20H18BrN3O3/c1-2-26-19-14(5-3-11-22-19)13-24-18(25)17-6-4-12-23-20(17)27-16-9-7-15(21)8-10-16/h3-12H,2,13H2,1H3,(H,24,25). The van der Waals surface area contributed by atoms with Gasteiger partial charge < -0.3 is 14.8 Å². The van der Waals surface area contributed by atoms with Crippen LogP contribution in [0.4, 0.5) is 0 Å². The molecule has 3 rings (SSSR count). The van der Waals surface area contributed by atoms with Crippen molar-refractivity contribution in [1.82, 2.24) is 15.3 Å². The Morgan fingerprint density at radius 3 is 2.48 bits per heavy atom. The Balaban J connectivity index is 1.73. The van der Waals surface area contributed by atoms with E-state index in [2.05, 4.69) is 31.2 Å². The second kappa shape index (κ2) is 9.14. The molecule has 7 heteroatoms. The summed E-state index contributed by atoms with van der Waals surface area (Å²) in [7, 11) is 0. The van der Waals surface area contributed by atoms with Crippen LogP contribution in [0, 0.1) is 0 Å². The van der Waals surface area contributed by atoms with Crippen LogP contribution in [0.1, 0.15) is 22.8 Å². The molecule has 2 aromatic heterocycles. The summed E-state index contributed by atoms with van der Waals surface area (Å²) >= 11 is 3.38. The van der Waals surface area contributed by atoms with Gasteiger partial charge in [-0.15, -0.1) is 0 Å². The van der Waals surface area contributed by atoms with Crippen molar-refractivity contribution in [2.24, 2.45) is 0 Å². The van der Waals surface area contributed by atoms with Gasteiger partial charge in [0.25, 0.3) is 5.91 Å². The van der Waals surface area contributed by atoms with Gasteiger partial charge in [0.2, 0.25) is 11.8 Å². The third-order valence-corrected chi connectivity index (χ3v) is 4.14. The molecule has 138 valence electrons. The monoisotopic (exact) mass is 427 g/mol. The maximum atomic E-state index is 12.7. The van der Waals surface area contributed by atoms with Crippen LogP contribution in [0.25, 0.3) is 0 Å². The van der Waals surface area contributed by atoms with Crippen molar-refractivity contribution in [1.29, 1.82) is 0 Å². The maximum absolute atomic E-state index is 12.7. The van der Waals surface area contributed by atoms with E-state index in [4.69, 9.17) is 9.47 Å². The first kappa shape index (κ1) is 18.8. The summed E-state index contributed by atoms with van der Waals surface area (Å²) < 4.78 is 12.2. The highest BCUT2D eigenvalue weighted by atomic mass is 79.9. The zero-order chi connectivity index (χ0) is 19.1. The number of carbonyl (C=O) groups excluding carboxylic acids is 1. The lowest BCUT2D eigenvalue weighted by Gasteiger charge is -2.12. The smallest absolute Gasteiger partial charge is 0.257 e.